The minimum Gasteiger partial charge on any atom is -0.497 e. The van der Waals surface area contributed by atoms with Crippen LogP contribution in [0.4, 0.5) is 5.69 Å². The summed E-state index contributed by atoms with van der Waals surface area (Å²) >= 11 is 1.14. The molecule has 1 N–H and O–H groups in total. The normalized spacial score (nSPS) is 11.0. The molecule has 2 rings (SSSR count). The molecule has 0 spiro atoms. The topological polar surface area (TPSA) is 81.7 Å². The fourth-order valence-corrected chi connectivity index (χ4v) is 4.29. The smallest absolute Gasteiger partial charge is 0.225 e. The number of rotatable bonds is 7. The van der Waals surface area contributed by atoms with Crippen LogP contribution in [-0.4, -0.2) is 34.3 Å². The molecule has 2 aromatic rings. The molecule has 6 nitrogen and oxygen atoms in total. The molecule has 0 aliphatic carbocycles. The molecule has 0 bridgehead atoms. The quantitative estimate of drug-likeness (QED) is 0.825. The van der Waals surface area contributed by atoms with Crippen molar-refractivity contribution in [3.8, 4) is 11.5 Å². The highest BCUT2D eigenvalue weighted by molar-refractivity contribution is 7.93. The summed E-state index contributed by atoms with van der Waals surface area (Å²) in [5.74, 6) is 0.385. The second-order valence-electron chi connectivity index (χ2n) is 4.62. The highest BCUT2D eigenvalue weighted by Gasteiger charge is 2.18. The molecule has 1 aromatic heterocycles. The van der Waals surface area contributed by atoms with Crippen LogP contribution in [0.15, 0.2) is 39.9 Å². The van der Waals surface area contributed by atoms with Gasteiger partial charge in [0.1, 0.15) is 15.7 Å². The van der Waals surface area contributed by atoms with Crippen molar-refractivity contribution >= 4 is 32.8 Å². The molecule has 1 heterocycles. The van der Waals surface area contributed by atoms with Crippen molar-refractivity contribution in [1.29, 1.82) is 0 Å². The average molecular weight is 355 g/mol. The Labute approximate surface area is 139 Å². The number of anilines is 1. The number of ether oxygens (including phenoxy) is 2. The summed E-state index contributed by atoms with van der Waals surface area (Å²) in [6, 6.07) is 8.18. The van der Waals surface area contributed by atoms with Crippen molar-refractivity contribution in [3.05, 3.63) is 35.7 Å². The van der Waals surface area contributed by atoms with Crippen LogP contribution in [0.1, 0.15) is 6.42 Å². The van der Waals surface area contributed by atoms with Gasteiger partial charge in [0.2, 0.25) is 5.91 Å². The third-order valence-electron chi connectivity index (χ3n) is 3.08. The first-order valence-corrected chi connectivity index (χ1v) is 9.27. The van der Waals surface area contributed by atoms with Crippen molar-refractivity contribution in [2.45, 2.75) is 10.6 Å². The van der Waals surface area contributed by atoms with E-state index in [1.165, 1.54) is 20.3 Å². The number of nitrogens with one attached hydrogen (secondary N) is 1. The number of methoxy groups -OCH3 is 2. The second-order valence-corrected chi connectivity index (χ2v) is 7.90. The Bertz CT molecular complexity index is 769. The van der Waals surface area contributed by atoms with Gasteiger partial charge in [0, 0.05) is 12.5 Å². The number of amides is 1. The maximum Gasteiger partial charge on any atom is 0.225 e. The van der Waals surface area contributed by atoms with E-state index in [2.05, 4.69) is 5.32 Å². The Kier molecular flexibility index (Phi) is 5.62. The average Bonchev–Trinajstić information content (AvgIpc) is 3.08. The third-order valence-corrected chi connectivity index (χ3v) is 6.28. The van der Waals surface area contributed by atoms with Crippen LogP contribution in [0.5, 0.6) is 11.5 Å². The lowest BCUT2D eigenvalue weighted by molar-refractivity contribution is -0.115. The molecule has 0 fully saturated rings. The molecular formula is C15H17NO5S2. The van der Waals surface area contributed by atoms with Crippen molar-refractivity contribution in [2.75, 3.05) is 25.3 Å². The SMILES string of the molecule is COc1ccc(OC)c(NC(=O)CCS(=O)(=O)c2cccs2)c1. The maximum atomic E-state index is 12.1. The van der Waals surface area contributed by atoms with Gasteiger partial charge in [0.05, 0.1) is 25.7 Å². The summed E-state index contributed by atoms with van der Waals surface area (Å²) in [5, 5.41) is 4.34. The molecular weight excluding hydrogens is 338 g/mol. The maximum absolute atomic E-state index is 12.1. The Hall–Kier alpha value is -2.06. The summed E-state index contributed by atoms with van der Waals surface area (Å²) < 4.78 is 34.6. The molecule has 1 amide bonds. The third kappa shape index (κ3) is 4.46. The summed E-state index contributed by atoms with van der Waals surface area (Å²) in [6.07, 6.45) is -0.138. The monoisotopic (exact) mass is 355 g/mol. The molecule has 124 valence electrons. The van der Waals surface area contributed by atoms with E-state index in [0.717, 1.165) is 11.3 Å². The van der Waals surface area contributed by atoms with Gasteiger partial charge in [-0.05, 0) is 23.6 Å². The molecule has 23 heavy (non-hydrogen) atoms. The van der Waals surface area contributed by atoms with E-state index in [4.69, 9.17) is 9.47 Å². The zero-order valence-corrected chi connectivity index (χ0v) is 14.4. The number of benzene rings is 1. The lowest BCUT2D eigenvalue weighted by Gasteiger charge is -2.11. The number of hydrogen-bond acceptors (Lipinski definition) is 6. The van der Waals surface area contributed by atoms with E-state index < -0.39 is 15.7 Å². The number of hydrogen-bond donors (Lipinski definition) is 1. The van der Waals surface area contributed by atoms with Crippen LogP contribution >= 0.6 is 11.3 Å². The largest absolute Gasteiger partial charge is 0.497 e. The molecule has 0 saturated heterocycles. The Balaban J connectivity index is 2.03. The highest BCUT2D eigenvalue weighted by Crippen LogP contribution is 2.29. The highest BCUT2D eigenvalue weighted by atomic mass is 32.2. The van der Waals surface area contributed by atoms with Crippen LogP contribution in [0.3, 0.4) is 0 Å². The van der Waals surface area contributed by atoms with Gasteiger partial charge in [-0.15, -0.1) is 11.3 Å². The summed E-state index contributed by atoms with van der Waals surface area (Å²) in [7, 11) is -0.431. The van der Waals surface area contributed by atoms with Crippen molar-refractivity contribution in [3.63, 3.8) is 0 Å². The standard InChI is InChI=1S/C15H17NO5S2/c1-20-11-5-6-13(21-2)12(10-11)16-14(17)7-9-23(18,19)15-4-3-8-22-15/h3-6,8,10H,7,9H2,1-2H3,(H,16,17). The van der Waals surface area contributed by atoms with Gasteiger partial charge in [-0.2, -0.15) is 0 Å². The summed E-state index contributed by atoms with van der Waals surface area (Å²) in [5.41, 5.74) is 0.436. The van der Waals surface area contributed by atoms with Crippen LogP contribution in [0.2, 0.25) is 0 Å². The van der Waals surface area contributed by atoms with Crippen molar-refractivity contribution in [1.82, 2.24) is 0 Å². The number of sulfone groups is 1. The molecule has 8 heteroatoms. The minimum absolute atomic E-state index is 0.138. The zero-order valence-electron chi connectivity index (χ0n) is 12.7. The van der Waals surface area contributed by atoms with Gasteiger partial charge in [0.25, 0.3) is 0 Å². The molecule has 0 aliphatic rings. The first-order chi connectivity index (χ1) is 11.0. The summed E-state index contributed by atoms with van der Waals surface area (Å²) in [4.78, 5) is 12.0. The second kappa shape index (κ2) is 7.47. The lowest BCUT2D eigenvalue weighted by Crippen LogP contribution is -2.17. The summed E-state index contributed by atoms with van der Waals surface area (Å²) in [6.45, 7) is 0. The van der Waals surface area contributed by atoms with Crippen LogP contribution in [0, 0.1) is 0 Å². The first-order valence-electron chi connectivity index (χ1n) is 6.74. The van der Waals surface area contributed by atoms with Crippen LogP contribution < -0.4 is 14.8 Å². The van der Waals surface area contributed by atoms with E-state index in [9.17, 15) is 13.2 Å². The van der Waals surface area contributed by atoms with Gasteiger partial charge >= 0.3 is 0 Å². The van der Waals surface area contributed by atoms with Crippen molar-refractivity contribution in [2.24, 2.45) is 0 Å². The number of carbonyl (C=O) groups excluding carboxylic acids is 1. The van der Waals surface area contributed by atoms with E-state index in [0.29, 0.717) is 17.2 Å². The fraction of sp³-hybridized carbons (Fsp3) is 0.267. The van der Waals surface area contributed by atoms with Gasteiger partial charge in [-0.25, -0.2) is 8.42 Å². The molecule has 0 radical (unpaired) electrons. The predicted octanol–water partition coefficient (Wildman–Crippen LogP) is 2.57. The molecule has 0 aliphatic heterocycles. The van der Waals surface area contributed by atoms with Crippen LogP contribution in [-0.2, 0) is 14.6 Å². The molecule has 0 unspecified atom stereocenters. The van der Waals surface area contributed by atoms with Gasteiger partial charge in [0.15, 0.2) is 9.84 Å². The first kappa shape index (κ1) is 17.3. The molecule has 1 aromatic carbocycles. The Morgan fingerprint density at radius 1 is 1.22 bits per heavy atom. The van der Waals surface area contributed by atoms with E-state index >= 15 is 0 Å². The van der Waals surface area contributed by atoms with E-state index in [-0.39, 0.29) is 16.4 Å². The minimum atomic E-state index is -3.43. The Morgan fingerprint density at radius 3 is 2.61 bits per heavy atom. The van der Waals surface area contributed by atoms with Gasteiger partial charge in [-0.1, -0.05) is 6.07 Å². The van der Waals surface area contributed by atoms with Gasteiger partial charge < -0.3 is 14.8 Å². The molecule has 0 saturated carbocycles. The van der Waals surface area contributed by atoms with Gasteiger partial charge in [-0.3, -0.25) is 4.79 Å². The lowest BCUT2D eigenvalue weighted by atomic mass is 10.2. The number of carbonyl (C=O) groups is 1. The van der Waals surface area contributed by atoms with Crippen molar-refractivity contribution < 1.29 is 22.7 Å². The fourth-order valence-electron chi connectivity index (χ4n) is 1.89. The van der Waals surface area contributed by atoms with E-state index in [1.54, 1.807) is 29.6 Å². The predicted molar refractivity (Wildman–Crippen MR) is 89.2 cm³/mol. The molecule has 0 atom stereocenters. The zero-order chi connectivity index (χ0) is 16.9. The Morgan fingerprint density at radius 2 is 2.00 bits per heavy atom. The van der Waals surface area contributed by atoms with E-state index in [1.807, 2.05) is 0 Å². The number of thiophene rings is 1. The van der Waals surface area contributed by atoms with Crippen LogP contribution in [0.25, 0.3) is 0 Å².